The van der Waals surface area contributed by atoms with Crippen LogP contribution in [0.15, 0.2) is 23.1 Å². The largest absolute Gasteiger partial charge is 0.398 e. The van der Waals surface area contributed by atoms with Crippen molar-refractivity contribution in [3.63, 3.8) is 0 Å². The van der Waals surface area contributed by atoms with Crippen LogP contribution in [0.25, 0.3) is 0 Å². The Morgan fingerprint density at radius 1 is 1.29 bits per heavy atom. The minimum atomic E-state index is -3.57. The van der Waals surface area contributed by atoms with E-state index < -0.39 is 10.0 Å². The van der Waals surface area contributed by atoms with E-state index in [0.717, 1.165) is 12.8 Å². The number of nitrogens with one attached hydrogen (secondary N) is 1. The molecule has 5 nitrogen and oxygen atoms in total. The topological polar surface area (TPSA) is 81.4 Å². The first-order valence-electron chi connectivity index (χ1n) is 7.15. The summed E-state index contributed by atoms with van der Waals surface area (Å²) in [5.74, 6) is 0. The molecular weight excluding hydrogens is 312 g/mol. The molecule has 1 aliphatic rings. The Morgan fingerprint density at radius 2 is 2.00 bits per heavy atom. The van der Waals surface area contributed by atoms with Crippen molar-refractivity contribution >= 4 is 27.3 Å². The highest BCUT2D eigenvalue weighted by Gasteiger charge is 2.16. The van der Waals surface area contributed by atoms with Gasteiger partial charge < -0.3 is 10.5 Å². The molecular formula is C14H21ClN2O3S. The molecule has 0 radical (unpaired) electrons. The zero-order valence-corrected chi connectivity index (χ0v) is 13.4. The van der Waals surface area contributed by atoms with Crippen molar-refractivity contribution in [3.05, 3.63) is 23.2 Å². The second-order valence-electron chi connectivity index (χ2n) is 5.21. The molecule has 0 unspecified atom stereocenters. The van der Waals surface area contributed by atoms with E-state index in [0.29, 0.717) is 12.3 Å². The third kappa shape index (κ3) is 4.85. The van der Waals surface area contributed by atoms with E-state index in [4.69, 9.17) is 22.1 Å². The van der Waals surface area contributed by atoms with E-state index in [1.807, 2.05) is 0 Å². The van der Waals surface area contributed by atoms with Gasteiger partial charge in [0, 0.05) is 6.54 Å². The van der Waals surface area contributed by atoms with Crippen LogP contribution in [-0.2, 0) is 14.8 Å². The average Bonchev–Trinajstić information content (AvgIpc) is 2.47. The zero-order valence-electron chi connectivity index (χ0n) is 11.8. The van der Waals surface area contributed by atoms with E-state index in [1.54, 1.807) is 0 Å². The van der Waals surface area contributed by atoms with Crippen molar-refractivity contribution in [1.82, 2.24) is 4.72 Å². The van der Waals surface area contributed by atoms with Gasteiger partial charge in [0.05, 0.1) is 28.3 Å². The van der Waals surface area contributed by atoms with Crippen LogP contribution in [0.3, 0.4) is 0 Å². The maximum atomic E-state index is 12.1. The number of halogens is 1. The molecule has 0 spiro atoms. The Bertz CT molecular complexity index is 572. The Hall–Kier alpha value is -0.820. The summed E-state index contributed by atoms with van der Waals surface area (Å²) < 4.78 is 32.4. The molecule has 1 aromatic rings. The summed E-state index contributed by atoms with van der Waals surface area (Å²) in [7, 11) is -3.57. The number of hydrogen-bond acceptors (Lipinski definition) is 4. The molecule has 3 N–H and O–H groups in total. The Labute approximate surface area is 130 Å². The number of nitrogens with two attached hydrogens (primary N) is 1. The van der Waals surface area contributed by atoms with E-state index in [2.05, 4.69) is 4.72 Å². The monoisotopic (exact) mass is 332 g/mol. The summed E-state index contributed by atoms with van der Waals surface area (Å²) in [6, 6.07) is 4.27. The predicted molar refractivity (Wildman–Crippen MR) is 83.9 cm³/mol. The van der Waals surface area contributed by atoms with Crippen LogP contribution in [0.1, 0.15) is 32.1 Å². The van der Waals surface area contributed by atoms with Gasteiger partial charge in [-0.3, -0.25) is 0 Å². The molecule has 118 valence electrons. The SMILES string of the molecule is Nc1ccc(S(=O)(=O)NCCOC2CCCCC2)cc1Cl. The van der Waals surface area contributed by atoms with Crippen LogP contribution < -0.4 is 10.5 Å². The molecule has 21 heavy (non-hydrogen) atoms. The van der Waals surface area contributed by atoms with Crippen molar-refractivity contribution in [1.29, 1.82) is 0 Å². The third-order valence-electron chi connectivity index (χ3n) is 3.58. The summed E-state index contributed by atoms with van der Waals surface area (Å²) in [6.45, 7) is 0.632. The highest BCUT2D eigenvalue weighted by atomic mass is 35.5. The van der Waals surface area contributed by atoms with Crippen molar-refractivity contribution in [3.8, 4) is 0 Å². The smallest absolute Gasteiger partial charge is 0.240 e. The van der Waals surface area contributed by atoms with Crippen LogP contribution >= 0.6 is 11.6 Å². The maximum Gasteiger partial charge on any atom is 0.240 e. The van der Waals surface area contributed by atoms with Gasteiger partial charge in [-0.25, -0.2) is 13.1 Å². The highest BCUT2D eigenvalue weighted by Crippen LogP contribution is 2.22. The summed E-state index contributed by atoms with van der Waals surface area (Å²) in [5.41, 5.74) is 5.93. The van der Waals surface area contributed by atoms with Gasteiger partial charge in [0.25, 0.3) is 0 Å². The van der Waals surface area contributed by atoms with E-state index in [-0.39, 0.29) is 22.6 Å². The van der Waals surface area contributed by atoms with Gasteiger partial charge in [0.15, 0.2) is 0 Å². The first-order chi connectivity index (χ1) is 9.99. The number of ether oxygens (including phenoxy) is 1. The predicted octanol–water partition coefficient (Wildman–Crippen LogP) is 2.55. The second-order valence-corrected chi connectivity index (χ2v) is 7.39. The normalized spacial score (nSPS) is 17.0. The molecule has 0 heterocycles. The molecule has 0 aromatic heterocycles. The summed E-state index contributed by atoms with van der Waals surface area (Å²) >= 11 is 5.84. The molecule has 0 bridgehead atoms. The molecule has 0 atom stereocenters. The van der Waals surface area contributed by atoms with Gasteiger partial charge in [0.2, 0.25) is 10.0 Å². The lowest BCUT2D eigenvalue weighted by atomic mass is 9.98. The van der Waals surface area contributed by atoms with Crippen LogP contribution in [0.5, 0.6) is 0 Å². The van der Waals surface area contributed by atoms with Gasteiger partial charge in [-0.2, -0.15) is 0 Å². The minimum Gasteiger partial charge on any atom is -0.398 e. The lowest BCUT2D eigenvalue weighted by molar-refractivity contribution is 0.0321. The Kier molecular flexibility index (Phi) is 5.87. The Balaban J connectivity index is 1.82. The highest BCUT2D eigenvalue weighted by molar-refractivity contribution is 7.89. The van der Waals surface area contributed by atoms with E-state index >= 15 is 0 Å². The fraction of sp³-hybridized carbons (Fsp3) is 0.571. The fourth-order valence-corrected chi connectivity index (χ4v) is 3.68. The number of anilines is 1. The van der Waals surface area contributed by atoms with Crippen molar-refractivity contribution in [2.45, 2.75) is 43.1 Å². The quantitative estimate of drug-likeness (QED) is 0.619. The van der Waals surface area contributed by atoms with Gasteiger partial charge >= 0.3 is 0 Å². The van der Waals surface area contributed by atoms with Crippen molar-refractivity contribution in [2.24, 2.45) is 0 Å². The number of benzene rings is 1. The van der Waals surface area contributed by atoms with Crippen molar-refractivity contribution < 1.29 is 13.2 Å². The lowest BCUT2D eigenvalue weighted by Gasteiger charge is -2.22. The first kappa shape index (κ1) is 16.5. The standard InChI is InChI=1S/C14H21ClN2O3S/c15-13-10-12(6-7-14(13)16)21(18,19)17-8-9-20-11-4-2-1-3-5-11/h6-7,10-11,17H,1-5,8-9,16H2. The molecule has 1 aliphatic carbocycles. The van der Waals surface area contributed by atoms with Crippen LogP contribution in [0, 0.1) is 0 Å². The minimum absolute atomic E-state index is 0.111. The second kappa shape index (κ2) is 7.45. The molecule has 7 heteroatoms. The number of rotatable bonds is 6. The fourth-order valence-electron chi connectivity index (χ4n) is 2.39. The van der Waals surface area contributed by atoms with Gasteiger partial charge in [-0.15, -0.1) is 0 Å². The maximum absolute atomic E-state index is 12.1. The average molecular weight is 333 g/mol. The molecule has 0 aliphatic heterocycles. The van der Waals surface area contributed by atoms with Crippen molar-refractivity contribution in [2.75, 3.05) is 18.9 Å². The molecule has 0 saturated heterocycles. The first-order valence-corrected chi connectivity index (χ1v) is 9.01. The molecule has 0 amide bonds. The van der Waals surface area contributed by atoms with Crippen LogP contribution in [-0.4, -0.2) is 27.7 Å². The van der Waals surface area contributed by atoms with Crippen LogP contribution in [0.2, 0.25) is 5.02 Å². The Morgan fingerprint density at radius 3 is 2.67 bits per heavy atom. The number of nitrogen functional groups attached to an aromatic ring is 1. The third-order valence-corrected chi connectivity index (χ3v) is 5.37. The van der Waals surface area contributed by atoms with Gasteiger partial charge in [-0.1, -0.05) is 30.9 Å². The summed E-state index contributed by atoms with van der Waals surface area (Å²) in [6.07, 6.45) is 6.07. The van der Waals surface area contributed by atoms with E-state index in [1.165, 1.54) is 37.5 Å². The number of hydrogen-bond donors (Lipinski definition) is 2. The zero-order chi connectivity index (χ0) is 15.3. The van der Waals surface area contributed by atoms with E-state index in [9.17, 15) is 8.42 Å². The van der Waals surface area contributed by atoms with Gasteiger partial charge in [-0.05, 0) is 31.0 Å². The molecule has 1 saturated carbocycles. The molecule has 1 fully saturated rings. The van der Waals surface area contributed by atoms with Gasteiger partial charge in [0.1, 0.15) is 0 Å². The van der Waals surface area contributed by atoms with Crippen LogP contribution in [0.4, 0.5) is 5.69 Å². The molecule has 1 aromatic carbocycles. The lowest BCUT2D eigenvalue weighted by Crippen LogP contribution is -2.29. The summed E-state index contributed by atoms with van der Waals surface area (Å²) in [5, 5.41) is 0.233. The number of sulfonamides is 1. The summed E-state index contributed by atoms with van der Waals surface area (Å²) in [4.78, 5) is 0.111. The molecule has 2 rings (SSSR count).